The minimum atomic E-state index is -1.87. The second-order valence-electron chi connectivity index (χ2n) is 11.1. The van der Waals surface area contributed by atoms with Gasteiger partial charge in [-0.15, -0.1) is 0 Å². The topological polar surface area (TPSA) is 50.6 Å². The molecule has 7 heteroatoms. The van der Waals surface area contributed by atoms with Gasteiger partial charge in [-0.1, -0.05) is 41.5 Å². The first-order valence-electron chi connectivity index (χ1n) is 12.1. The first-order valence-corrected chi connectivity index (χ1v) is 14.3. The molecule has 2 aromatic heterocycles. The maximum Gasteiger partial charge on any atom is 0.410 e. The number of anilines is 1. The van der Waals surface area contributed by atoms with Crippen LogP contribution in [0.15, 0.2) is 24.4 Å². The Morgan fingerprint density at radius 2 is 1.50 bits per heavy atom. The molecule has 0 bridgehead atoms. The van der Waals surface area contributed by atoms with Gasteiger partial charge in [0.2, 0.25) is 0 Å². The van der Waals surface area contributed by atoms with E-state index in [0.29, 0.717) is 29.7 Å². The van der Waals surface area contributed by atoms with Crippen molar-refractivity contribution in [2.24, 2.45) is 0 Å². The highest BCUT2D eigenvalue weighted by Gasteiger charge is 2.46. The Bertz CT molecular complexity index is 915. The largest absolute Gasteiger partial charge is 0.444 e. The number of carbonyl (C=O) groups is 1. The second kappa shape index (κ2) is 9.08. The van der Waals surface area contributed by atoms with E-state index in [4.69, 9.17) is 9.72 Å². The number of ether oxygens (including phenoxy) is 1. The Hall–Kier alpha value is -2.02. The van der Waals surface area contributed by atoms with Crippen LogP contribution in [0.4, 0.5) is 10.6 Å². The summed E-state index contributed by atoms with van der Waals surface area (Å²) >= 11 is 0. The van der Waals surface area contributed by atoms with Crippen molar-refractivity contribution in [1.82, 2.24) is 14.1 Å². The predicted molar refractivity (Wildman–Crippen MR) is 136 cm³/mol. The summed E-state index contributed by atoms with van der Waals surface area (Å²) in [6.45, 7) is 22.9. The van der Waals surface area contributed by atoms with Gasteiger partial charge >= 0.3 is 6.09 Å². The Kier molecular flexibility index (Phi) is 6.99. The highest BCUT2D eigenvalue weighted by molar-refractivity contribution is 6.82. The molecule has 0 saturated carbocycles. The highest BCUT2D eigenvalue weighted by atomic mass is 28.3. The van der Waals surface area contributed by atoms with E-state index < -0.39 is 13.8 Å². The van der Waals surface area contributed by atoms with E-state index in [-0.39, 0.29) is 6.09 Å². The summed E-state index contributed by atoms with van der Waals surface area (Å²) in [5.74, 6) is 1.00. The number of fused-ring (bicyclic) bond motifs is 1. The van der Waals surface area contributed by atoms with Crippen LogP contribution in [0, 0.1) is 0 Å². The zero-order valence-corrected chi connectivity index (χ0v) is 22.5. The molecule has 6 nitrogen and oxygen atoms in total. The van der Waals surface area contributed by atoms with Crippen LogP contribution in [0.25, 0.3) is 11.0 Å². The quantitative estimate of drug-likeness (QED) is 0.507. The van der Waals surface area contributed by atoms with Crippen molar-refractivity contribution in [1.29, 1.82) is 0 Å². The fourth-order valence-electron chi connectivity index (χ4n) is 5.77. The molecule has 0 N–H and O–H groups in total. The number of nitrogens with zero attached hydrogens (tertiary/aromatic N) is 4. The van der Waals surface area contributed by atoms with Gasteiger partial charge in [-0.2, -0.15) is 0 Å². The minimum absolute atomic E-state index is 0.226. The van der Waals surface area contributed by atoms with Crippen LogP contribution in [0.1, 0.15) is 62.3 Å². The molecule has 0 radical (unpaired) electrons. The van der Waals surface area contributed by atoms with E-state index in [0.717, 1.165) is 24.6 Å². The summed E-state index contributed by atoms with van der Waals surface area (Å²) in [5.41, 5.74) is 2.48. The van der Waals surface area contributed by atoms with Crippen molar-refractivity contribution in [3.8, 4) is 0 Å². The van der Waals surface area contributed by atoms with Crippen LogP contribution in [0.3, 0.4) is 0 Å². The summed E-state index contributed by atoms with van der Waals surface area (Å²) in [6, 6.07) is 6.55. The molecule has 0 aromatic carbocycles. The SMILES string of the molecule is CC(C)[Si](C(C)C)(C(C)C)n1ccc2ccc(N3CCN(C(=O)OC(C)(C)C)CC3)nc21. The molecule has 0 atom stereocenters. The van der Waals surface area contributed by atoms with Crippen LogP contribution in [-0.2, 0) is 4.74 Å². The van der Waals surface area contributed by atoms with Crippen LogP contribution >= 0.6 is 0 Å². The molecule has 2 aromatic rings. The average molecular weight is 459 g/mol. The number of hydrogen-bond donors (Lipinski definition) is 0. The Labute approximate surface area is 195 Å². The second-order valence-corrected chi connectivity index (χ2v) is 16.8. The minimum Gasteiger partial charge on any atom is -0.444 e. The molecule has 0 unspecified atom stereocenters. The van der Waals surface area contributed by atoms with Crippen molar-refractivity contribution in [2.45, 2.75) is 84.5 Å². The number of hydrogen-bond acceptors (Lipinski definition) is 4. The Morgan fingerprint density at radius 1 is 0.938 bits per heavy atom. The fraction of sp³-hybridized carbons (Fsp3) is 0.680. The summed E-state index contributed by atoms with van der Waals surface area (Å²) in [6.07, 6.45) is 2.06. The van der Waals surface area contributed by atoms with Crippen LogP contribution in [0.5, 0.6) is 0 Å². The van der Waals surface area contributed by atoms with Gasteiger partial charge in [-0.3, -0.25) is 0 Å². The molecule has 1 fully saturated rings. The van der Waals surface area contributed by atoms with Gasteiger partial charge in [0.1, 0.15) is 17.1 Å². The van der Waals surface area contributed by atoms with E-state index >= 15 is 0 Å². The van der Waals surface area contributed by atoms with Crippen molar-refractivity contribution in [3.63, 3.8) is 0 Å². The van der Waals surface area contributed by atoms with Crippen molar-refractivity contribution in [2.75, 3.05) is 31.1 Å². The molecule has 178 valence electrons. The zero-order valence-electron chi connectivity index (χ0n) is 21.5. The first kappa shape index (κ1) is 24.6. The van der Waals surface area contributed by atoms with E-state index in [1.165, 1.54) is 5.39 Å². The van der Waals surface area contributed by atoms with Crippen molar-refractivity contribution < 1.29 is 9.53 Å². The summed E-state index contributed by atoms with van der Waals surface area (Å²) in [4.78, 5) is 21.7. The van der Waals surface area contributed by atoms with Crippen LogP contribution in [0.2, 0.25) is 16.6 Å². The summed E-state index contributed by atoms with van der Waals surface area (Å²) in [5, 5.41) is 1.21. The molecule has 0 spiro atoms. The predicted octanol–water partition coefficient (Wildman–Crippen LogP) is 6.12. The summed E-state index contributed by atoms with van der Waals surface area (Å²) in [7, 11) is -1.87. The number of aromatic nitrogens is 2. The van der Waals surface area contributed by atoms with E-state index in [1.54, 1.807) is 4.90 Å². The number of amides is 1. The smallest absolute Gasteiger partial charge is 0.410 e. The lowest BCUT2D eigenvalue weighted by Crippen LogP contribution is -2.52. The fourth-order valence-corrected chi connectivity index (χ4v) is 12.3. The van der Waals surface area contributed by atoms with Gasteiger partial charge in [0.15, 0.2) is 8.24 Å². The number of carbonyl (C=O) groups excluding carboxylic acids is 1. The molecule has 1 aliphatic heterocycles. The number of rotatable bonds is 5. The molecule has 1 saturated heterocycles. The Balaban J connectivity index is 1.88. The standard InChI is InChI=1S/C25H42N4O2Si/c1-18(2)32(19(3)4,20(5)6)29-13-12-21-10-11-22(26-23(21)29)27-14-16-28(17-15-27)24(30)31-25(7,8)9/h10-13,18-20H,14-17H2,1-9H3. The van der Waals surface area contributed by atoms with E-state index in [2.05, 4.69) is 75.1 Å². The normalized spacial score (nSPS) is 16.0. The Morgan fingerprint density at radius 3 is 2.00 bits per heavy atom. The molecule has 32 heavy (non-hydrogen) atoms. The third-order valence-corrected chi connectivity index (χ3v) is 13.7. The monoisotopic (exact) mass is 458 g/mol. The van der Waals surface area contributed by atoms with Gasteiger partial charge in [0, 0.05) is 31.6 Å². The molecule has 1 amide bonds. The van der Waals surface area contributed by atoms with Crippen molar-refractivity contribution >= 4 is 31.2 Å². The van der Waals surface area contributed by atoms with Gasteiger partial charge in [-0.25, -0.2) is 9.78 Å². The van der Waals surface area contributed by atoms with Crippen molar-refractivity contribution in [3.05, 3.63) is 24.4 Å². The van der Waals surface area contributed by atoms with Gasteiger partial charge < -0.3 is 18.8 Å². The highest BCUT2D eigenvalue weighted by Crippen LogP contribution is 2.44. The molecular formula is C25H42N4O2Si. The third-order valence-electron chi connectivity index (χ3n) is 6.97. The molecular weight excluding hydrogens is 416 g/mol. The van der Waals surface area contributed by atoms with Crippen LogP contribution < -0.4 is 4.90 Å². The lowest BCUT2D eigenvalue weighted by molar-refractivity contribution is 0.0240. The van der Waals surface area contributed by atoms with Crippen LogP contribution in [-0.4, -0.2) is 60.2 Å². The molecule has 3 heterocycles. The molecule has 1 aliphatic rings. The molecule has 0 aliphatic carbocycles. The first-order chi connectivity index (χ1) is 14.9. The lowest BCUT2D eigenvalue weighted by atomic mass is 10.2. The van der Waals surface area contributed by atoms with Gasteiger partial charge in [0.25, 0.3) is 0 Å². The van der Waals surface area contributed by atoms with E-state index in [9.17, 15) is 4.79 Å². The van der Waals surface area contributed by atoms with Gasteiger partial charge in [0.05, 0.1) is 0 Å². The maximum atomic E-state index is 12.4. The number of piperazine rings is 1. The molecule has 3 rings (SSSR count). The maximum absolute atomic E-state index is 12.4. The van der Waals surface area contributed by atoms with E-state index in [1.807, 2.05) is 20.8 Å². The lowest BCUT2D eigenvalue weighted by Gasteiger charge is -2.44. The third kappa shape index (κ3) is 4.54. The zero-order chi connectivity index (χ0) is 23.8. The average Bonchev–Trinajstić information content (AvgIpc) is 3.10. The summed E-state index contributed by atoms with van der Waals surface area (Å²) < 4.78 is 8.11. The van der Waals surface area contributed by atoms with Gasteiger partial charge in [-0.05, 0) is 61.8 Å². The number of pyridine rings is 1.